The minimum atomic E-state index is -1.17. The Kier molecular flexibility index (Phi) is 6.12. The van der Waals surface area contributed by atoms with Gasteiger partial charge in [-0.15, -0.1) is 0 Å². The van der Waals surface area contributed by atoms with Gasteiger partial charge in [0, 0.05) is 17.8 Å². The molecule has 0 radical (unpaired) electrons. The van der Waals surface area contributed by atoms with Crippen LogP contribution in [0.3, 0.4) is 0 Å². The van der Waals surface area contributed by atoms with Crippen molar-refractivity contribution in [2.75, 3.05) is 11.9 Å². The third-order valence-electron chi connectivity index (χ3n) is 4.91. The minimum Gasteiger partial charge on any atom is -0.477 e. The molecule has 1 amide bonds. The monoisotopic (exact) mass is 410 g/mol. The maximum atomic E-state index is 13.0. The largest absolute Gasteiger partial charge is 0.477 e. The van der Waals surface area contributed by atoms with E-state index < -0.39 is 11.5 Å². The first-order valence-corrected chi connectivity index (χ1v) is 9.72. The number of fused-ring (bicyclic) bond motifs is 3. The quantitative estimate of drug-likeness (QED) is 0.444. The highest BCUT2D eigenvalue weighted by molar-refractivity contribution is 6.06. The fourth-order valence-electron chi connectivity index (χ4n) is 3.12. The van der Waals surface area contributed by atoms with Crippen molar-refractivity contribution in [3.8, 4) is 5.88 Å². The third kappa shape index (κ3) is 4.62. The molecule has 2 aromatic rings. The Balaban J connectivity index is 2.03. The van der Waals surface area contributed by atoms with Crippen LogP contribution in [0.4, 0.5) is 5.82 Å². The third-order valence-corrected chi connectivity index (χ3v) is 4.91. The molecule has 1 unspecified atom stereocenters. The molecule has 0 saturated heterocycles. The van der Waals surface area contributed by atoms with E-state index in [1.807, 2.05) is 6.92 Å². The van der Waals surface area contributed by atoms with E-state index in [0.717, 1.165) is 6.34 Å². The average Bonchev–Trinajstić information content (AvgIpc) is 2.70. The van der Waals surface area contributed by atoms with Crippen LogP contribution in [0, 0.1) is 10.8 Å². The molecule has 2 aromatic heterocycles. The highest BCUT2D eigenvalue weighted by Crippen LogP contribution is 2.26. The molecule has 3 heterocycles. The summed E-state index contributed by atoms with van der Waals surface area (Å²) in [5.41, 5.74) is -0.136. The lowest BCUT2D eigenvalue weighted by Crippen LogP contribution is -2.38. The van der Waals surface area contributed by atoms with Gasteiger partial charge in [-0.2, -0.15) is 0 Å². The number of amidine groups is 1. The van der Waals surface area contributed by atoms with E-state index >= 15 is 0 Å². The van der Waals surface area contributed by atoms with Gasteiger partial charge in [-0.05, 0) is 51.8 Å². The SMILES string of the molecule is CC1CCCOc2ncc(C(C)(C)O)cc2C(=O)Nc2cccc(n2)C(=N)N1C=N. The normalized spacial score (nSPS) is 18.0. The Morgan fingerprint density at radius 3 is 2.87 bits per heavy atom. The predicted molar refractivity (Wildman–Crippen MR) is 113 cm³/mol. The van der Waals surface area contributed by atoms with Crippen LogP contribution in [-0.4, -0.2) is 50.7 Å². The lowest BCUT2D eigenvalue weighted by Gasteiger charge is -2.27. The first-order chi connectivity index (χ1) is 14.2. The zero-order valence-electron chi connectivity index (χ0n) is 17.3. The smallest absolute Gasteiger partial charge is 0.262 e. The van der Waals surface area contributed by atoms with Crippen LogP contribution in [0.15, 0.2) is 30.5 Å². The Labute approximate surface area is 175 Å². The number of aliphatic hydroxyl groups is 1. The highest BCUT2D eigenvalue weighted by atomic mass is 16.5. The molecule has 1 aliphatic heterocycles. The second-order valence-electron chi connectivity index (χ2n) is 7.72. The highest BCUT2D eigenvalue weighted by Gasteiger charge is 2.24. The summed E-state index contributed by atoms with van der Waals surface area (Å²) >= 11 is 0. The van der Waals surface area contributed by atoms with Gasteiger partial charge in [0.15, 0.2) is 5.84 Å². The molecule has 0 spiro atoms. The molecule has 1 atom stereocenters. The van der Waals surface area contributed by atoms with E-state index in [2.05, 4.69) is 15.3 Å². The van der Waals surface area contributed by atoms with Crippen molar-refractivity contribution in [2.45, 2.75) is 45.3 Å². The average molecular weight is 410 g/mol. The van der Waals surface area contributed by atoms with Crippen molar-refractivity contribution in [3.05, 3.63) is 47.3 Å². The zero-order chi connectivity index (χ0) is 21.9. The standard InChI is InChI=1S/C21H26N6O3/c1-13-6-5-9-30-20-15(10-14(11-24-20)21(2,3)29)19(28)26-17-8-4-7-16(25-17)18(23)27(13)12-22/h4,7-8,10-13,22-23,29H,5-6,9H2,1-3H3,(H,25,26,28). The van der Waals surface area contributed by atoms with E-state index in [-0.39, 0.29) is 29.1 Å². The number of hydrogen-bond donors (Lipinski definition) is 4. The number of carbonyl (C=O) groups excluding carboxylic acids is 1. The first kappa shape index (κ1) is 21.4. The molecule has 1 aliphatic rings. The predicted octanol–water partition coefficient (Wildman–Crippen LogP) is 2.75. The molecule has 0 saturated carbocycles. The summed E-state index contributed by atoms with van der Waals surface area (Å²) in [5, 5.41) is 29.1. The van der Waals surface area contributed by atoms with Crippen LogP contribution in [0.1, 0.15) is 55.2 Å². The van der Waals surface area contributed by atoms with Crippen molar-refractivity contribution in [2.24, 2.45) is 0 Å². The van der Waals surface area contributed by atoms with Crippen molar-refractivity contribution in [1.29, 1.82) is 10.8 Å². The van der Waals surface area contributed by atoms with Crippen molar-refractivity contribution < 1.29 is 14.6 Å². The number of pyridine rings is 2. The second-order valence-corrected chi connectivity index (χ2v) is 7.72. The van der Waals surface area contributed by atoms with Gasteiger partial charge in [0.05, 0.1) is 18.5 Å². The Bertz CT molecular complexity index is 969. The van der Waals surface area contributed by atoms with E-state index in [4.69, 9.17) is 15.6 Å². The van der Waals surface area contributed by atoms with Crippen LogP contribution < -0.4 is 10.1 Å². The summed E-state index contributed by atoms with van der Waals surface area (Å²) < 4.78 is 5.77. The topological polar surface area (TPSA) is 135 Å². The Morgan fingerprint density at radius 2 is 2.17 bits per heavy atom. The fourth-order valence-corrected chi connectivity index (χ4v) is 3.12. The van der Waals surface area contributed by atoms with Crippen LogP contribution in [0.5, 0.6) is 5.88 Å². The van der Waals surface area contributed by atoms with Gasteiger partial charge in [0.1, 0.15) is 17.1 Å². The van der Waals surface area contributed by atoms with Gasteiger partial charge in [0.25, 0.3) is 5.91 Å². The summed E-state index contributed by atoms with van der Waals surface area (Å²) in [6.45, 7) is 5.48. The lowest BCUT2D eigenvalue weighted by atomic mass is 9.98. The number of nitrogens with zero attached hydrogens (tertiary/aromatic N) is 3. The molecule has 30 heavy (non-hydrogen) atoms. The summed E-state index contributed by atoms with van der Waals surface area (Å²) in [4.78, 5) is 23.1. The molecule has 0 aliphatic carbocycles. The summed E-state index contributed by atoms with van der Waals surface area (Å²) in [6, 6.07) is 6.43. The van der Waals surface area contributed by atoms with E-state index in [9.17, 15) is 9.90 Å². The van der Waals surface area contributed by atoms with Crippen LogP contribution in [0.2, 0.25) is 0 Å². The number of anilines is 1. The minimum absolute atomic E-state index is 0.0814. The summed E-state index contributed by atoms with van der Waals surface area (Å²) in [5.74, 6) is 0.0432. The first-order valence-electron chi connectivity index (χ1n) is 9.72. The van der Waals surface area contributed by atoms with E-state index in [1.165, 1.54) is 11.1 Å². The number of rotatable bonds is 2. The van der Waals surface area contributed by atoms with Gasteiger partial charge < -0.3 is 20.1 Å². The number of aromatic nitrogens is 2. The van der Waals surface area contributed by atoms with Gasteiger partial charge >= 0.3 is 0 Å². The molecule has 0 aromatic carbocycles. The van der Waals surface area contributed by atoms with Crippen LogP contribution in [-0.2, 0) is 5.60 Å². The molecular weight excluding hydrogens is 384 g/mol. The number of carbonyl (C=O) groups is 1. The Hall–Kier alpha value is -3.33. The van der Waals surface area contributed by atoms with Crippen LogP contribution >= 0.6 is 0 Å². The van der Waals surface area contributed by atoms with Gasteiger partial charge in [-0.3, -0.25) is 15.6 Å². The van der Waals surface area contributed by atoms with Gasteiger partial charge in [0.2, 0.25) is 5.88 Å². The molecule has 9 nitrogen and oxygen atoms in total. The number of amides is 1. The van der Waals surface area contributed by atoms with Gasteiger partial charge in [-0.25, -0.2) is 9.97 Å². The van der Waals surface area contributed by atoms with Crippen molar-refractivity contribution >= 4 is 23.9 Å². The molecule has 3 rings (SSSR count). The van der Waals surface area contributed by atoms with E-state index in [0.29, 0.717) is 30.7 Å². The maximum Gasteiger partial charge on any atom is 0.262 e. The van der Waals surface area contributed by atoms with Crippen molar-refractivity contribution in [1.82, 2.24) is 14.9 Å². The maximum absolute atomic E-state index is 13.0. The number of ether oxygens (including phenoxy) is 1. The molecule has 0 fully saturated rings. The lowest BCUT2D eigenvalue weighted by molar-refractivity contribution is 0.0779. The molecule has 4 N–H and O–H groups in total. The number of hydrogen-bond acceptors (Lipinski definition) is 7. The van der Waals surface area contributed by atoms with E-state index in [1.54, 1.807) is 38.1 Å². The fraction of sp³-hybridized carbons (Fsp3) is 0.381. The summed E-state index contributed by atoms with van der Waals surface area (Å²) in [7, 11) is 0. The van der Waals surface area contributed by atoms with Crippen LogP contribution in [0.25, 0.3) is 0 Å². The zero-order valence-corrected chi connectivity index (χ0v) is 17.3. The van der Waals surface area contributed by atoms with Crippen molar-refractivity contribution in [3.63, 3.8) is 0 Å². The van der Waals surface area contributed by atoms with Gasteiger partial charge in [-0.1, -0.05) is 6.07 Å². The molecular formula is C21H26N6O3. The molecule has 2 bridgehead atoms. The number of nitrogens with one attached hydrogen (secondary N) is 3. The molecule has 9 heteroatoms. The summed E-state index contributed by atoms with van der Waals surface area (Å²) in [6.07, 6.45) is 3.92. The second kappa shape index (κ2) is 8.58. The molecule has 158 valence electrons. The Morgan fingerprint density at radius 1 is 1.40 bits per heavy atom.